The Balaban J connectivity index is 1.87. The molecule has 0 aliphatic rings. The molecule has 0 spiro atoms. The van der Waals surface area contributed by atoms with Crippen molar-refractivity contribution in [1.82, 2.24) is 9.97 Å². The van der Waals surface area contributed by atoms with Gasteiger partial charge in [0.15, 0.2) is 5.16 Å². The number of ether oxygens (including phenoxy) is 2. The number of aromatic nitrogens is 2. The maximum Gasteiger partial charge on any atom is 0.343 e. The van der Waals surface area contributed by atoms with Crippen molar-refractivity contribution in [2.45, 2.75) is 33.6 Å². The minimum atomic E-state index is -0.420. The summed E-state index contributed by atoms with van der Waals surface area (Å²) in [4.78, 5) is 21.9. The molecule has 0 saturated carbocycles. The zero-order valence-electron chi connectivity index (χ0n) is 17.9. The van der Waals surface area contributed by atoms with Crippen LogP contribution in [0.3, 0.4) is 0 Å². The number of methoxy groups -OCH3 is 2. The first-order valence-corrected chi connectivity index (χ1v) is 12.7. The summed E-state index contributed by atoms with van der Waals surface area (Å²) >= 11 is 4.49. The molecule has 5 nitrogen and oxygen atoms in total. The van der Waals surface area contributed by atoms with E-state index in [-0.39, 0.29) is 0 Å². The lowest BCUT2D eigenvalue weighted by molar-refractivity contribution is 0.0590. The number of aryl methyl sites for hydroxylation is 1. The number of rotatable bonds is 9. The normalized spacial score (nSPS) is 10.7. The second-order valence-corrected chi connectivity index (χ2v) is 9.30. The molecule has 0 atom stereocenters. The van der Waals surface area contributed by atoms with E-state index in [4.69, 9.17) is 9.47 Å². The van der Waals surface area contributed by atoms with E-state index in [0.29, 0.717) is 32.3 Å². The van der Waals surface area contributed by atoms with Crippen molar-refractivity contribution in [2.75, 3.05) is 20.5 Å². The molecular formula is C23H24N2O3S3. The van der Waals surface area contributed by atoms with Gasteiger partial charge in [-0.1, -0.05) is 53.7 Å². The number of carbonyl (C=O) groups excluding carboxylic acids is 1. The largest absolute Gasteiger partial charge is 0.497 e. The number of benzene rings is 2. The fraction of sp³-hybridized carbons (Fsp3) is 0.261. The minimum Gasteiger partial charge on any atom is -0.497 e. The van der Waals surface area contributed by atoms with Gasteiger partial charge < -0.3 is 9.47 Å². The molecule has 0 fully saturated rings. The lowest BCUT2D eigenvalue weighted by Crippen LogP contribution is -2.10. The molecule has 2 aromatic carbocycles. The molecule has 1 aromatic heterocycles. The Morgan fingerprint density at radius 2 is 1.39 bits per heavy atom. The second-order valence-electron chi connectivity index (χ2n) is 6.60. The highest BCUT2D eigenvalue weighted by Gasteiger charge is 2.23. The molecule has 162 valence electrons. The van der Waals surface area contributed by atoms with Gasteiger partial charge >= 0.3 is 5.97 Å². The summed E-state index contributed by atoms with van der Waals surface area (Å²) in [5, 5.41) is 1.91. The maximum absolute atomic E-state index is 12.7. The standard InChI is InChI=1S/C23H24N2O3S3/c1-15-5-7-16(8-6-15)13-30-20-19(22(26)28-3)21(25-23(24-20)29-4)31-14-17-9-11-18(27-2)12-10-17/h5-12H,13-14H2,1-4H3. The van der Waals surface area contributed by atoms with Crippen LogP contribution in [0.2, 0.25) is 0 Å². The highest BCUT2D eigenvalue weighted by atomic mass is 32.2. The molecule has 0 bridgehead atoms. The third kappa shape index (κ3) is 6.41. The van der Waals surface area contributed by atoms with Gasteiger partial charge in [0.1, 0.15) is 21.4 Å². The second kappa shape index (κ2) is 11.5. The highest BCUT2D eigenvalue weighted by molar-refractivity contribution is 7.99. The molecule has 0 aliphatic carbocycles. The molecule has 1 heterocycles. The summed E-state index contributed by atoms with van der Waals surface area (Å²) in [6.07, 6.45) is 1.93. The van der Waals surface area contributed by atoms with Crippen LogP contribution in [0, 0.1) is 6.92 Å². The number of carbonyl (C=O) groups is 1. The van der Waals surface area contributed by atoms with Crippen molar-refractivity contribution in [3.63, 3.8) is 0 Å². The first-order valence-electron chi connectivity index (χ1n) is 9.52. The van der Waals surface area contributed by atoms with Crippen LogP contribution >= 0.6 is 35.3 Å². The van der Waals surface area contributed by atoms with Crippen LogP contribution in [0.5, 0.6) is 5.75 Å². The number of hydrogen-bond donors (Lipinski definition) is 0. The molecule has 0 N–H and O–H groups in total. The fourth-order valence-electron chi connectivity index (χ4n) is 2.69. The maximum atomic E-state index is 12.7. The van der Waals surface area contributed by atoms with Gasteiger partial charge in [-0.15, -0.1) is 23.5 Å². The van der Waals surface area contributed by atoms with Gasteiger partial charge in [0.2, 0.25) is 0 Å². The van der Waals surface area contributed by atoms with E-state index < -0.39 is 5.97 Å². The van der Waals surface area contributed by atoms with Crippen LogP contribution in [-0.2, 0) is 16.2 Å². The van der Waals surface area contributed by atoms with Crippen LogP contribution in [-0.4, -0.2) is 36.4 Å². The third-order valence-electron chi connectivity index (χ3n) is 4.42. The predicted molar refractivity (Wildman–Crippen MR) is 128 cm³/mol. The summed E-state index contributed by atoms with van der Waals surface area (Å²) in [6, 6.07) is 16.2. The molecule has 0 saturated heterocycles. The van der Waals surface area contributed by atoms with Gasteiger partial charge in [0, 0.05) is 11.5 Å². The van der Waals surface area contributed by atoms with E-state index >= 15 is 0 Å². The quantitative estimate of drug-likeness (QED) is 0.165. The van der Waals surface area contributed by atoms with Crippen LogP contribution in [0.15, 0.2) is 63.7 Å². The Labute approximate surface area is 195 Å². The first kappa shape index (κ1) is 23.5. The average molecular weight is 473 g/mol. The van der Waals surface area contributed by atoms with Crippen LogP contribution in [0.25, 0.3) is 0 Å². The first-order chi connectivity index (χ1) is 15.0. The van der Waals surface area contributed by atoms with E-state index in [1.165, 1.54) is 53.5 Å². The smallest absolute Gasteiger partial charge is 0.343 e. The monoisotopic (exact) mass is 472 g/mol. The van der Waals surface area contributed by atoms with Crippen molar-refractivity contribution >= 4 is 41.3 Å². The van der Waals surface area contributed by atoms with Gasteiger partial charge in [0.05, 0.1) is 14.2 Å². The molecule has 0 radical (unpaired) electrons. The minimum absolute atomic E-state index is 0.420. The molecule has 31 heavy (non-hydrogen) atoms. The van der Waals surface area contributed by atoms with E-state index in [1.54, 1.807) is 7.11 Å². The molecule has 0 amide bonds. The Hall–Kier alpha value is -2.16. The molecular weight excluding hydrogens is 448 g/mol. The van der Waals surface area contributed by atoms with Gasteiger partial charge in [-0.3, -0.25) is 0 Å². The van der Waals surface area contributed by atoms with E-state index in [1.807, 2.05) is 30.5 Å². The summed E-state index contributed by atoms with van der Waals surface area (Å²) in [5.74, 6) is 1.76. The van der Waals surface area contributed by atoms with E-state index in [0.717, 1.165) is 11.3 Å². The summed E-state index contributed by atoms with van der Waals surface area (Å²) in [5.41, 5.74) is 3.92. The van der Waals surface area contributed by atoms with Crippen molar-refractivity contribution in [2.24, 2.45) is 0 Å². The van der Waals surface area contributed by atoms with Gasteiger partial charge in [-0.2, -0.15) is 0 Å². The Bertz CT molecular complexity index is 1030. The van der Waals surface area contributed by atoms with Crippen molar-refractivity contribution in [1.29, 1.82) is 0 Å². The Morgan fingerprint density at radius 1 is 0.871 bits per heavy atom. The van der Waals surface area contributed by atoms with Crippen LogP contribution < -0.4 is 4.74 Å². The summed E-state index contributed by atoms with van der Waals surface area (Å²) in [7, 11) is 3.03. The zero-order chi connectivity index (χ0) is 22.2. The number of esters is 1. The van der Waals surface area contributed by atoms with Crippen LogP contribution in [0.1, 0.15) is 27.0 Å². The fourth-order valence-corrected chi connectivity index (χ4v) is 5.18. The number of thioether (sulfide) groups is 3. The summed E-state index contributed by atoms with van der Waals surface area (Å²) in [6.45, 7) is 2.06. The molecule has 3 rings (SSSR count). The lowest BCUT2D eigenvalue weighted by atomic mass is 10.2. The molecule has 0 unspecified atom stereocenters. The van der Waals surface area contributed by atoms with Crippen molar-refractivity contribution in [3.8, 4) is 5.75 Å². The predicted octanol–water partition coefficient (Wildman–Crippen LogP) is 5.89. The van der Waals surface area contributed by atoms with E-state index in [9.17, 15) is 4.79 Å². The zero-order valence-corrected chi connectivity index (χ0v) is 20.3. The average Bonchev–Trinajstić information content (AvgIpc) is 2.81. The van der Waals surface area contributed by atoms with Gasteiger partial charge in [0.25, 0.3) is 0 Å². The van der Waals surface area contributed by atoms with Crippen molar-refractivity contribution < 1.29 is 14.3 Å². The number of hydrogen-bond acceptors (Lipinski definition) is 8. The Kier molecular flexibility index (Phi) is 8.69. The Morgan fingerprint density at radius 3 is 1.84 bits per heavy atom. The van der Waals surface area contributed by atoms with Crippen LogP contribution in [0.4, 0.5) is 0 Å². The lowest BCUT2D eigenvalue weighted by Gasteiger charge is -2.13. The highest BCUT2D eigenvalue weighted by Crippen LogP contribution is 2.34. The van der Waals surface area contributed by atoms with Gasteiger partial charge in [-0.25, -0.2) is 14.8 Å². The van der Waals surface area contributed by atoms with Crippen molar-refractivity contribution in [3.05, 3.63) is 70.8 Å². The topological polar surface area (TPSA) is 61.3 Å². The molecule has 8 heteroatoms. The third-order valence-corrected chi connectivity index (χ3v) is 7.07. The number of nitrogens with zero attached hydrogens (tertiary/aromatic N) is 2. The van der Waals surface area contributed by atoms with E-state index in [2.05, 4.69) is 41.2 Å². The SMILES string of the molecule is COC(=O)c1c(SCc2ccc(C)cc2)nc(SC)nc1SCc1ccc(OC)cc1. The van der Waals surface area contributed by atoms with Gasteiger partial charge in [-0.05, 0) is 36.4 Å². The molecule has 3 aromatic rings. The summed E-state index contributed by atoms with van der Waals surface area (Å²) < 4.78 is 10.3. The molecule has 0 aliphatic heterocycles.